The molecule has 130 valence electrons. The highest BCUT2D eigenvalue weighted by atomic mass is 16.5. The largest absolute Gasteiger partial charge is 0.497 e. The van der Waals surface area contributed by atoms with Gasteiger partial charge in [0, 0.05) is 29.7 Å². The number of piperidine rings is 3. The molecule has 3 aliphatic heterocycles. The highest BCUT2D eigenvalue weighted by molar-refractivity contribution is 5.86. The van der Waals surface area contributed by atoms with Crippen LogP contribution < -0.4 is 4.74 Å². The standard InChI is InChI=1S/C20H28N2O2/c1-3-13-12-22-8-6-14(13)10-19(22)20-16(7-9-23)17-11-15(24-2)4-5-18(17)21-20/h4-5,11,13-14,19,21,23H,3,6-10,12H2,1-2H3. The molecule has 0 aliphatic carbocycles. The lowest BCUT2D eigenvalue weighted by atomic mass is 9.73. The molecule has 4 nitrogen and oxygen atoms in total. The summed E-state index contributed by atoms with van der Waals surface area (Å²) in [5.74, 6) is 2.59. The van der Waals surface area contributed by atoms with Crippen molar-refractivity contribution in [3.05, 3.63) is 29.5 Å². The Balaban J connectivity index is 1.75. The van der Waals surface area contributed by atoms with E-state index >= 15 is 0 Å². The number of aromatic nitrogens is 1. The molecule has 3 saturated heterocycles. The summed E-state index contributed by atoms with van der Waals surface area (Å²) in [5, 5.41) is 10.8. The maximum atomic E-state index is 9.60. The lowest BCUT2D eigenvalue weighted by molar-refractivity contribution is -0.00300. The van der Waals surface area contributed by atoms with Crippen molar-refractivity contribution in [3.63, 3.8) is 0 Å². The van der Waals surface area contributed by atoms with Crippen molar-refractivity contribution in [2.75, 3.05) is 26.8 Å². The maximum absolute atomic E-state index is 9.60. The summed E-state index contributed by atoms with van der Waals surface area (Å²) in [6, 6.07) is 6.69. The lowest BCUT2D eigenvalue weighted by Crippen LogP contribution is -2.49. The van der Waals surface area contributed by atoms with E-state index in [-0.39, 0.29) is 6.61 Å². The Labute approximate surface area is 143 Å². The zero-order valence-corrected chi connectivity index (χ0v) is 14.7. The summed E-state index contributed by atoms with van der Waals surface area (Å²) in [6.45, 7) is 4.95. The first-order chi connectivity index (χ1) is 11.7. The third-order valence-corrected chi connectivity index (χ3v) is 6.26. The number of hydrogen-bond acceptors (Lipinski definition) is 3. The molecule has 2 aromatic rings. The summed E-state index contributed by atoms with van der Waals surface area (Å²) in [5.41, 5.74) is 3.76. The van der Waals surface area contributed by atoms with Gasteiger partial charge in [-0.15, -0.1) is 0 Å². The first-order valence-electron chi connectivity index (χ1n) is 9.28. The molecule has 4 heterocycles. The van der Waals surface area contributed by atoms with Crippen LogP contribution in [-0.2, 0) is 6.42 Å². The molecule has 0 radical (unpaired) electrons. The van der Waals surface area contributed by atoms with Gasteiger partial charge in [0.05, 0.1) is 13.2 Å². The Kier molecular flexibility index (Phi) is 4.27. The van der Waals surface area contributed by atoms with Gasteiger partial charge in [-0.2, -0.15) is 0 Å². The Hall–Kier alpha value is -1.52. The first kappa shape index (κ1) is 16.0. The van der Waals surface area contributed by atoms with Crippen molar-refractivity contribution in [2.45, 2.75) is 38.6 Å². The highest BCUT2D eigenvalue weighted by Crippen LogP contribution is 2.46. The average molecular weight is 328 g/mol. The second kappa shape index (κ2) is 6.41. The van der Waals surface area contributed by atoms with Crippen LogP contribution in [0.15, 0.2) is 18.2 Å². The smallest absolute Gasteiger partial charge is 0.119 e. The van der Waals surface area contributed by atoms with Crippen LogP contribution in [0.25, 0.3) is 10.9 Å². The van der Waals surface area contributed by atoms with E-state index in [2.05, 4.69) is 28.9 Å². The monoisotopic (exact) mass is 328 g/mol. The molecule has 5 rings (SSSR count). The van der Waals surface area contributed by atoms with Crippen molar-refractivity contribution >= 4 is 10.9 Å². The van der Waals surface area contributed by atoms with Gasteiger partial charge >= 0.3 is 0 Å². The number of aliphatic hydroxyl groups is 1. The molecular weight excluding hydrogens is 300 g/mol. The number of aliphatic hydroxyl groups excluding tert-OH is 1. The molecule has 2 N–H and O–H groups in total. The van der Waals surface area contributed by atoms with Crippen LogP contribution in [0.1, 0.15) is 43.5 Å². The molecular formula is C20H28N2O2. The van der Waals surface area contributed by atoms with E-state index in [1.165, 1.54) is 49.0 Å². The quantitative estimate of drug-likeness (QED) is 0.883. The molecule has 0 spiro atoms. The summed E-state index contributed by atoms with van der Waals surface area (Å²) in [7, 11) is 1.71. The average Bonchev–Trinajstić information content (AvgIpc) is 3.00. The number of aromatic amines is 1. The van der Waals surface area contributed by atoms with Crippen LogP contribution in [-0.4, -0.2) is 41.8 Å². The summed E-state index contributed by atoms with van der Waals surface area (Å²) in [6.07, 6.45) is 4.59. The van der Waals surface area contributed by atoms with E-state index in [9.17, 15) is 5.11 Å². The van der Waals surface area contributed by atoms with E-state index in [0.29, 0.717) is 12.5 Å². The molecule has 0 amide bonds. The number of rotatable bonds is 5. The minimum absolute atomic E-state index is 0.185. The molecule has 4 heteroatoms. The fraction of sp³-hybridized carbons (Fsp3) is 0.600. The summed E-state index contributed by atoms with van der Waals surface area (Å²) in [4.78, 5) is 6.34. The number of nitrogens with one attached hydrogen (secondary N) is 1. The maximum Gasteiger partial charge on any atom is 0.119 e. The molecule has 0 saturated carbocycles. The lowest BCUT2D eigenvalue weighted by Gasteiger charge is -2.50. The van der Waals surface area contributed by atoms with Gasteiger partial charge in [-0.05, 0) is 61.4 Å². The minimum Gasteiger partial charge on any atom is -0.497 e. The number of benzene rings is 1. The molecule has 1 aromatic heterocycles. The van der Waals surface area contributed by atoms with Crippen molar-refractivity contribution < 1.29 is 9.84 Å². The zero-order chi connectivity index (χ0) is 16.7. The van der Waals surface area contributed by atoms with Gasteiger partial charge in [0.25, 0.3) is 0 Å². The van der Waals surface area contributed by atoms with Crippen molar-refractivity contribution in [1.29, 1.82) is 0 Å². The van der Waals surface area contributed by atoms with Crippen molar-refractivity contribution in [1.82, 2.24) is 9.88 Å². The molecule has 4 unspecified atom stereocenters. The van der Waals surface area contributed by atoms with Gasteiger partial charge in [-0.1, -0.05) is 13.3 Å². The number of methoxy groups -OCH3 is 1. The predicted molar refractivity (Wildman–Crippen MR) is 96.5 cm³/mol. The van der Waals surface area contributed by atoms with Crippen LogP contribution in [0.5, 0.6) is 5.75 Å². The molecule has 2 bridgehead atoms. The SMILES string of the molecule is CCC1CN2CCC1CC2c1[nH]c2ccc(OC)cc2c1CCO. The molecule has 4 atom stereocenters. The van der Waals surface area contributed by atoms with Crippen LogP contribution in [0.3, 0.4) is 0 Å². The first-order valence-corrected chi connectivity index (χ1v) is 9.28. The number of ether oxygens (including phenoxy) is 1. The number of H-pyrrole nitrogens is 1. The van der Waals surface area contributed by atoms with Crippen LogP contribution >= 0.6 is 0 Å². The number of fused-ring (bicyclic) bond motifs is 4. The topological polar surface area (TPSA) is 48.5 Å². The minimum atomic E-state index is 0.185. The normalized spacial score (nSPS) is 29.3. The van der Waals surface area contributed by atoms with Crippen LogP contribution in [0, 0.1) is 11.8 Å². The molecule has 3 aliphatic rings. The third kappa shape index (κ3) is 2.52. The number of hydrogen-bond donors (Lipinski definition) is 2. The van der Waals surface area contributed by atoms with Gasteiger partial charge in [-0.3, -0.25) is 4.90 Å². The van der Waals surface area contributed by atoms with E-state index < -0.39 is 0 Å². The second-order valence-electron chi connectivity index (χ2n) is 7.37. The van der Waals surface area contributed by atoms with Gasteiger partial charge in [0.15, 0.2) is 0 Å². The van der Waals surface area contributed by atoms with Gasteiger partial charge < -0.3 is 14.8 Å². The van der Waals surface area contributed by atoms with Gasteiger partial charge in [0.1, 0.15) is 5.75 Å². The van der Waals surface area contributed by atoms with E-state index in [0.717, 1.165) is 23.1 Å². The van der Waals surface area contributed by atoms with Crippen LogP contribution in [0.4, 0.5) is 0 Å². The summed E-state index contributed by atoms with van der Waals surface area (Å²) >= 11 is 0. The van der Waals surface area contributed by atoms with Gasteiger partial charge in [0.2, 0.25) is 0 Å². The van der Waals surface area contributed by atoms with Crippen LogP contribution in [0.2, 0.25) is 0 Å². The molecule has 1 aromatic carbocycles. The highest BCUT2D eigenvalue weighted by Gasteiger charge is 2.41. The fourth-order valence-corrected chi connectivity index (χ4v) is 4.94. The Morgan fingerprint density at radius 1 is 1.38 bits per heavy atom. The Morgan fingerprint density at radius 2 is 2.25 bits per heavy atom. The zero-order valence-electron chi connectivity index (χ0n) is 14.7. The number of nitrogens with zero attached hydrogens (tertiary/aromatic N) is 1. The Morgan fingerprint density at radius 3 is 2.92 bits per heavy atom. The van der Waals surface area contributed by atoms with E-state index in [1.807, 2.05) is 6.07 Å². The predicted octanol–water partition coefficient (Wildman–Crippen LogP) is 3.50. The van der Waals surface area contributed by atoms with Crippen molar-refractivity contribution in [3.8, 4) is 5.75 Å². The van der Waals surface area contributed by atoms with Crippen molar-refractivity contribution in [2.24, 2.45) is 11.8 Å². The summed E-state index contributed by atoms with van der Waals surface area (Å²) < 4.78 is 5.40. The molecule has 3 fully saturated rings. The van der Waals surface area contributed by atoms with Gasteiger partial charge in [-0.25, -0.2) is 0 Å². The molecule has 24 heavy (non-hydrogen) atoms. The fourth-order valence-electron chi connectivity index (χ4n) is 4.94. The van der Waals surface area contributed by atoms with E-state index in [4.69, 9.17) is 4.74 Å². The Bertz CT molecular complexity index is 724. The second-order valence-corrected chi connectivity index (χ2v) is 7.37. The third-order valence-electron chi connectivity index (χ3n) is 6.26. The van der Waals surface area contributed by atoms with E-state index in [1.54, 1.807) is 7.11 Å².